The zero-order valence-electron chi connectivity index (χ0n) is 12.9. The van der Waals surface area contributed by atoms with E-state index >= 15 is 0 Å². The highest BCUT2D eigenvalue weighted by molar-refractivity contribution is 5.85. The van der Waals surface area contributed by atoms with Crippen LogP contribution in [0.25, 0.3) is 0 Å². The predicted octanol–water partition coefficient (Wildman–Crippen LogP) is 2.84. The molecule has 1 saturated heterocycles. The van der Waals surface area contributed by atoms with Crippen LogP contribution in [0, 0.1) is 0 Å². The topological polar surface area (TPSA) is 32.8 Å². The van der Waals surface area contributed by atoms with E-state index in [1.165, 1.54) is 5.69 Å². The molecule has 0 radical (unpaired) electrons. The van der Waals surface area contributed by atoms with Crippen molar-refractivity contribution in [2.75, 3.05) is 37.7 Å². The van der Waals surface area contributed by atoms with Crippen LogP contribution in [0.4, 0.5) is 5.69 Å². The van der Waals surface area contributed by atoms with E-state index in [0.717, 1.165) is 31.9 Å². The minimum absolute atomic E-state index is 0. The molecule has 1 aliphatic rings. The smallest absolute Gasteiger partial charge is 0.260 e. The normalized spacial score (nSPS) is 14.1. The van der Waals surface area contributed by atoms with Crippen molar-refractivity contribution in [3.05, 3.63) is 60.7 Å². The molecule has 3 rings (SSSR count). The number of hydrogen-bond donors (Lipinski definition) is 0. The lowest BCUT2D eigenvalue weighted by Crippen LogP contribution is -2.50. The van der Waals surface area contributed by atoms with Crippen molar-refractivity contribution < 1.29 is 9.53 Å². The summed E-state index contributed by atoms with van der Waals surface area (Å²) >= 11 is 0. The van der Waals surface area contributed by atoms with E-state index in [4.69, 9.17) is 4.74 Å². The highest BCUT2D eigenvalue weighted by Gasteiger charge is 2.21. The fraction of sp³-hybridized carbons (Fsp3) is 0.278. The molecule has 4 nitrogen and oxygen atoms in total. The fourth-order valence-electron chi connectivity index (χ4n) is 2.61. The van der Waals surface area contributed by atoms with Gasteiger partial charge < -0.3 is 14.5 Å². The molecule has 0 bridgehead atoms. The van der Waals surface area contributed by atoms with Crippen LogP contribution in [-0.4, -0.2) is 43.6 Å². The van der Waals surface area contributed by atoms with Crippen LogP contribution in [0.15, 0.2) is 60.7 Å². The third-order valence-electron chi connectivity index (χ3n) is 3.86. The van der Waals surface area contributed by atoms with Gasteiger partial charge in [0.05, 0.1) is 0 Å². The zero-order valence-corrected chi connectivity index (χ0v) is 13.7. The molecule has 2 aromatic rings. The molecule has 0 spiro atoms. The molecule has 2 aromatic carbocycles. The second kappa shape index (κ2) is 8.44. The summed E-state index contributed by atoms with van der Waals surface area (Å²) in [6, 6.07) is 19.8. The van der Waals surface area contributed by atoms with Gasteiger partial charge in [0.15, 0.2) is 6.61 Å². The van der Waals surface area contributed by atoms with Gasteiger partial charge in [-0.15, -0.1) is 12.4 Å². The van der Waals surface area contributed by atoms with Gasteiger partial charge in [0.2, 0.25) is 0 Å². The van der Waals surface area contributed by atoms with Gasteiger partial charge in [0.1, 0.15) is 5.75 Å². The van der Waals surface area contributed by atoms with Gasteiger partial charge in [0.25, 0.3) is 5.91 Å². The second-order valence-electron chi connectivity index (χ2n) is 5.31. The van der Waals surface area contributed by atoms with E-state index in [1.807, 2.05) is 53.4 Å². The standard InChI is InChI=1S/C18H20N2O2.ClH/c21-18(15-22-17-9-5-2-6-10-17)20-13-11-19(12-14-20)16-7-3-1-4-8-16;/h1-10H,11-15H2;1H. The molecule has 0 N–H and O–H groups in total. The first-order valence-corrected chi connectivity index (χ1v) is 7.58. The van der Waals surface area contributed by atoms with Gasteiger partial charge in [-0.25, -0.2) is 0 Å². The lowest BCUT2D eigenvalue weighted by molar-refractivity contribution is -0.133. The zero-order chi connectivity index (χ0) is 15.2. The Balaban J connectivity index is 0.00000192. The quantitative estimate of drug-likeness (QED) is 0.863. The monoisotopic (exact) mass is 332 g/mol. The molecule has 122 valence electrons. The van der Waals surface area contributed by atoms with E-state index < -0.39 is 0 Å². The average Bonchev–Trinajstić information content (AvgIpc) is 2.61. The Kier molecular flexibility index (Phi) is 6.29. The molecule has 0 saturated carbocycles. The molecule has 1 amide bonds. The van der Waals surface area contributed by atoms with Gasteiger partial charge in [-0.05, 0) is 24.3 Å². The van der Waals surface area contributed by atoms with Gasteiger partial charge in [0, 0.05) is 31.9 Å². The molecule has 23 heavy (non-hydrogen) atoms. The summed E-state index contributed by atoms with van der Waals surface area (Å²) in [5, 5.41) is 0. The Bertz CT molecular complexity index is 599. The van der Waals surface area contributed by atoms with Crippen LogP contribution in [-0.2, 0) is 4.79 Å². The molecule has 1 fully saturated rings. The predicted molar refractivity (Wildman–Crippen MR) is 94.4 cm³/mol. The second-order valence-corrected chi connectivity index (χ2v) is 5.31. The third-order valence-corrected chi connectivity index (χ3v) is 3.86. The largest absolute Gasteiger partial charge is 0.484 e. The van der Waals surface area contributed by atoms with E-state index in [0.29, 0.717) is 0 Å². The summed E-state index contributed by atoms with van der Waals surface area (Å²) in [5.41, 5.74) is 1.22. The van der Waals surface area contributed by atoms with Crippen molar-refractivity contribution in [1.29, 1.82) is 0 Å². The maximum absolute atomic E-state index is 12.2. The molecular weight excluding hydrogens is 312 g/mol. The highest BCUT2D eigenvalue weighted by Crippen LogP contribution is 2.16. The molecule has 0 aromatic heterocycles. The number of nitrogens with zero attached hydrogens (tertiary/aromatic N) is 2. The first kappa shape index (κ1) is 17.2. The summed E-state index contributed by atoms with van der Waals surface area (Å²) in [6.45, 7) is 3.31. The average molecular weight is 333 g/mol. The van der Waals surface area contributed by atoms with Crippen LogP contribution in [0.2, 0.25) is 0 Å². The van der Waals surface area contributed by atoms with Crippen molar-refractivity contribution in [3.63, 3.8) is 0 Å². The van der Waals surface area contributed by atoms with Crippen LogP contribution in [0.1, 0.15) is 0 Å². The van der Waals surface area contributed by atoms with Gasteiger partial charge in [-0.2, -0.15) is 0 Å². The van der Waals surface area contributed by atoms with E-state index in [1.54, 1.807) is 0 Å². The molecule has 0 aliphatic carbocycles. The molecule has 5 heteroatoms. The van der Waals surface area contributed by atoms with Crippen molar-refractivity contribution >= 4 is 24.0 Å². The van der Waals surface area contributed by atoms with Crippen LogP contribution in [0.5, 0.6) is 5.75 Å². The molecule has 1 heterocycles. The van der Waals surface area contributed by atoms with E-state index in [9.17, 15) is 4.79 Å². The summed E-state index contributed by atoms with van der Waals surface area (Å²) in [5.74, 6) is 0.787. The third kappa shape index (κ3) is 4.63. The first-order chi connectivity index (χ1) is 10.8. The molecule has 0 unspecified atom stereocenters. The number of carbonyl (C=O) groups is 1. The Morgan fingerprint density at radius 2 is 1.43 bits per heavy atom. The Hall–Kier alpha value is -2.20. The van der Waals surface area contributed by atoms with Crippen molar-refractivity contribution in [3.8, 4) is 5.75 Å². The highest BCUT2D eigenvalue weighted by atomic mass is 35.5. The van der Waals surface area contributed by atoms with E-state index in [-0.39, 0.29) is 24.9 Å². The van der Waals surface area contributed by atoms with Gasteiger partial charge in [-0.1, -0.05) is 36.4 Å². The number of hydrogen-bond acceptors (Lipinski definition) is 3. The molecule has 0 atom stereocenters. The fourth-order valence-corrected chi connectivity index (χ4v) is 2.61. The van der Waals surface area contributed by atoms with Crippen molar-refractivity contribution in [1.82, 2.24) is 4.90 Å². The number of piperazine rings is 1. The molecular formula is C18H21ClN2O2. The minimum Gasteiger partial charge on any atom is -0.484 e. The lowest BCUT2D eigenvalue weighted by atomic mass is 10.2. The number of anilines is 1. The number of carbonyl (C=O) groups excluding carboxylic acids is 1. The summed E-state index contributed by atoms with van der Waals surface area (Å²) in [6.07, 6.45) is 0. The van der Waals surface area contributed by atoms with Crippen LogP contribution in [0.3, 0.4) is 0 Å². The van der Waals surface area contributed by atoms with Gasteiger partial charge in [-0.3, -0.25) is 4.79 Å². The first-order valence-electron chi connectivity index (χ1n) is 7.58. The SMILES string of the molecule is Cl.O=C(COc1ccccc1)N1CCN(c2ccccc2)CC1. The number of para-hydroxylation sites is 2. The lowest BCUT2D eigenvalue weighted by Gasteiger charge is -2.36. The number of halogens is 1. The Morgan fingerprint density at radius 1 is 0.870 bits per heavy atom. The number of ether oxygens (including phenoxy) is 1. The number of rotatable bonds is 4. The minimum atomic E-state index is 0. The number of benzene rings is 2. The van der Waals surface area contributed by atoms with Crippen LogP contribution >= 0.6 is 12.4 Å². The van der Waals surface area contributed by atoms with E-state index in [2.05, 4.69) is 17.0 Å². The summed E-state index contributed by atoms with van der Waals surface area (Å²) in [4.78, 5) is 16.4. The maximum atomic E-state index is 12.2. The van der Waals surface area contributed by atoms with Crippen molar-refractivity contribution in [2.24, 2.45) is 0 Å². The Morgan fingerprint density at radius 3 is 2.04 bits per heavy atom. The van der Waals surface area contributed by atoms with Crippen molar-refractivity contribution in [2.45, 2.75) is 0 Å². The van der Waals surface area contributed by atoms with Crippen LogP contribution < -0.4 is 9.64 Å². The van der Waals surface area contributed by atoms with Gasteiger partial charge >= 0.3 is 0 Å². The summed E-state index contributed by atoms with van der Waals surface area (Å²) < 4.78 is 5.53. The number of amides is 1. The summed E-state index contributed by atoms with van der Waals surface area (Å²) in [7, 11) is 0. The maximum Gasteiger partial charge on any atom is 0.260 e. The Labute approximate surface area is 143 Å². The molecule has 1 aliphatic heterocycles.